The molecule has 0 fully saturated rings. The lowest BCUT2D eigenvalue weighted by Crippen LogP contribution is -2.14. The van der Waals surface area contributed by atoms with Gasteiger partial charge in [-0.3, -0.25) is 0 Å². The molecule has 41 heavy (non-hydrogen) atoms. The first-order valence-electron chi connectivity index (χ1n) is 17.4. The van der Waals surface area contributed by atoms with E-state index in [1.807, 2.05) is 0 Å². The zero-order valence-corrected chi connectivity index (χ0v) is 27.9. The van der Waals surface area contributed by atoms with Crippen LogP contribution >= 0.6 is 11.6 Å². The molecule has 0 heterocycles. The number of ether oxygens (including phenoxy) is 6. The molecule has 0 aromatic heterocycles. The first-order chi connectivity index (χ1) is 20.4. The Labute approximate surface area is 260 Å². The van der Waals surface area contributed by atoms with E-state index in [-0.39, 0.29) is 0 Å². The van der Waals surface area contributed by atoms with Crippen molar-refractivity contribution in [2.75, 3.05) is 85.2 Å². The van der Waals surface area contributed by atoms with Crippen molar-refractivity contribution >= 4 is 11.6 Å². The second kappa shape index (κ2) is 40.1. The first-order valence-corrected chi connectivity index (χ1v) is 18.0. The molecule has 0 N–H and O–H groups in total. The number of rotatable bonds is 38. The average Bonchev–Trinajstić information content (AvgIpc) is 2.98. The van der Waals surface area contributed by atoms with Crippen LogP contribution < -0.4 is 0 Å². The zero-order chi connectivity index (χ0) is 29.6. The van der Waals surface area contributed by atoms with Crippen molar-refractivity contribution in [1.82, 2.24) is 0 Å². The largest absolute Gasteiger partial charge is 0.379 e. The SMILES string of the molecule is CCCCCCCCCCCCCCCCCCOCCOCCOCCOCCOCCOCCCCCCCl. The highest BCUT2D eigenvalue weighted by Crippen LogP contribution is 2.13. The number of unbranched alkanes of at least 4 members (excludes halogenated alkanes) is 18. The van der Waals surface area contributed by atoms with Crippen LogP contribution in [0.25, 0.3) is 0 Å². The van der Waals surface area contributed by atoms with Crippen molar-refractivity contribution in [3.63, 3.8) is 0 Å². The topological polar surface area (TPSA) is 55.4 Å². The maximum absolute atomic E-state index is 5.68. The minimum Gasteiger partial charge on any atom is -0.379 e. The van der Waals surface area contributed by atoms with E-state index >= 15 is 0 Å². The lowest BCUT2D eigenvalue weighted by molar-refractivity contribution is -0.0169. The number of alkyl halides is 1. The molecule has 0 aliphatic heterocycles. The van der Waals surface area contributed by atoms with Crippen molar-refractivity contribution < 1.29 is 28.4 Å². The molecule has 0 unspecified atom stereocenters. The molecule has 0 spiro atoms. The molecule has 0 aliphatic rings. The predicted molar refractivity (Wildman–Crippen MR) is 174 cm³/mol. The van der Waals surface area contributed by atoms with Gasteiger partial charge in [0.25, 0.3) is 0 Å². The van der Waals surface area contributed by atoms with Crippen LogP contribution in [0.1, 0.15) is 135 Å². The predicted octanol–water partition coefficient (Wildman–Crippen LogP) is 9.15. The van der Waals surface area contributed by atoms with Crippen LogP contribution in [0.15, 0.2) is 0 Å². The molecule has 0 aliphatic carbocycles. The molecular formula is C34H69ClO6. The Morgan fingerprint density at radius 1 is 0.268 bits per heavy atom. The summed E-state index contributed by atoms with van der Waals surface area (Å²) in [7, 11) is 0. The highest BCUT2D eigenvalue weighted by Gasteiger charge is 1.97. The Balaban J connectivity index is 3.02. The molecule has 248 valence electrons. The second-order valence-electron chi connectivity index (χ2n) is 11.1. The van der Waals surface area contributed by atoms with E-state index in [1.54, 1.807) is 0 Å². The average molecular weight is 609 g/mol. The molecule has 7 heteroatoms. The first kappa shape index (κ1) is 41.0. The fourth-order valence-corrected chi connectivity index (χ4v) is 4.80. The molecule has 6 nitrogen and oxygen atoms in total. The van der Waals surface area contributed by atoms with Crippen LogP contribution in [-0.4, -0.2) is 85.2 Å². The van der Waals surface area contributed by atoms with Crippen LogP contribution in [-0.2, 0) is 28.4 Å². The van der Waals surface area contributed by atoms with E-state index in [0.29, 0.717) is 66.1 Å². The van der Waals surface area contributed by atoms with E-state index in [0.717, 1.165) is 38.4 Å². The van der Waals surface area contributed by atoms with Gasteiger partial charge in [0.2, 0.25) is 0 Å². The molecule has 0 atom stereocenters. The Morgan fingerprint density at radius 2 is 0.488 bits per heavy atom. The summed E-state index contributed by atoms with van der Waals surface area (Å²) in [5.41, 5.74) is 0. The second-order valence-corrected chi connectivity index (χ2v) is 11.5. The fraction of sp³-hybridized carbons (Fsp3) is 1.00. The van der Waals surface area contributed by atoms with Gasteiger partial charge in [-0.1, -0.05) is 116 Å². The Bertz CT molecular complexity index is 405. The van der Waals surface area contributed by atoms with Crippen molar-refractivity contribution in [1.29, 1.82) is 0 Å². The van der Waals surface area contributed by atoms with Gasteiger partial charge in [0, 0.05) is 19.1 Å². The Kier molecular flexibility index (Phi) is 40.1. The summed E-state index contributed by atoms with van der Waals surface area (Å²) < 4.78 is 33.3. The molecule has 0 amide bonds. The monoisotopic (exact) mass is 608 g/mol. The highest BCUT2D eigenvalue weighted by molar-refractivity contribution is 6.17. The summed E-state index contributed by atoms with van der Waals surface area (Å²) in [4.78, 5) is 0. The molecule has 0 radical (unpaired) electrons. The third-order valence-electron chi connectivity index (χ3n) is 7.17. The van der Waals surface area contributed by atoms with Gasteiger partial charge in [-0.15, -0.1) is 11.6 Å². The van der Waals surface area contributed by atoms with E-state index < -0.39 is 0 Å². The van der Waals surface area contributed by atoms with Gasteiger partial charge in [0.15, 0.2) is 0 Å². The van der Waals surface area contributed by atoms with Gasteiger partial charge >= 0.3 is 0 Å². The number of hydrogen-bond donors (Lipinski definition) is 0. The van der Waals surface area contributed by atoms with Gasteiger partial charge in [-0.2, -0.15) is 0 Å². The molecule has 0 saturated heterocycles. The van der Waals surface area contributed by atoms with E-state index in [4.69, 9.17) is 40.0 Å². The summed E-state index contributed by atoms with van der Waals surface area (Å²) in [5.74, 6) is 0.757. The maximum atomic E-state index is 5.68. The molecule has 0 saturated carbocycles. The molecule has 0 aromatic carbocycles. The van der Waals surface area contributed by atoms with Crippen molar-refractivity contribution in [2.45, 2.75) is 135 Å². The molecule has 0 aromatic rings. The van der Waals surface area contributed by atoms with Crippen LogP contribution in [0.5, 0.6) is 0 Å². The van der Waals surface area contributed by atoms with Gasteiger partial charge in [0.05, 0.1) is 66.1 Å². The standard InChI is InChI=1S/C34H69ClO6/c1-2-3-4-5-6-7-8-9-10-11-12-13-14-15-17-20-23-36-25-27-38-29-31-40-33-34-41-32-30-39-28-26-37-24-21-18-16-19-22-35/h2-34H2,1H3. The lowest BCUT2D eigenvalue weighted by Gasteiger charge is -2.08. The van der Waals surface area contributed by atoms with Crippen molar-refractivity contribution in [3.8, 4) is 0 Å². The third-order valence-corrected chi connectivity index (χ3v) is 7.44. The van der Waals surface area contributed by atoms with Gasteiger partial charge in [-0.25, -0.2) is 0 Å². The quantitative estimate of drug-likeness (QED) is 0.0514. The van der Waals surface area contributed by atoms with Crippen LogP contribution in [0.3, 0.4) is 0 Å². The third kappa shape index (κ3) is 40.0. The Morgan fingerprint density at radius 3 is 0.756 bits per heavy atom. The minimum atomic E-state index is 0.574. The van der Waals surface area contributed by atoms with Gasteiger partial charge < -0.3 is 28.4 Å². The van der Waals surface area contributed by atoms with Gasteiger partial charge in [0.1, 0.15) is 0 Å². The van der Waals surface area contributed by atoms with Crippen LogP contribution in [0.4, 0.5) is 0 Å². The van der Waals surface area contributed by atoms with E-state index in [9.17, 15) is 0 Å². The summed E-state index contributed by atoms with van der Waals surface area (Å²) in [6.07, 6.45) is 26.9. The van der Waals surface area contributed by atoms with Crippen molar-refractivity contribution in [2.24, 2.45) is 0 Å². The summed E-state index contributed by atoms with van der Waals surface area (Å²) in [5, 5.41) is 0. The fourth-order valence-electron chi connectivity index (χ4n) is 4.61. The Hall–Kier alpha value is 0.0500. The van der Waals surface area contributed by atoms with Crippen molar-refractivity contribution in [3.05, 3.63) is 0 Å². The summed E-state index contributed by atoms with van der Waals surface area (Å²) >= 11 is 5.66. The molecule has 0 rings (SSSR count). The van der Waals surface area contributed by atoms with Gasteiger partial charge in [-0.05, 0) is 19.3 Å². The number of hydrogen-bond acceptors (Lipinski definition) is 6. The molecule has 0 bridgehead atoms. The zero-order valence-electron chi connectivity index (χ0n) is 27.2. The summed E-state index contributed by atoms with van der Waals surface area (Å²) in [6, 6.07) is 0. The van der Waals surface area contributed by atoms with E-state index in [1.165, 1.54) is 109 Å². The molecular weight excluding hydrogens is 540 g/mol. The maximum Gasteiger partial charge on any atom is 0.0701 e. The normalized spacial score (nSPS) is 11.6. The van der Waals surface area contributed by atoms with Crippen LogP contribution in [0, 0.1) is 0 Å². The lowest BCUT2D eigenvalue weighted by atomic mass is 10.0. The van der Waals surface area contributed by atoms with E-state index in [2.05, 4.69) is 6.92 Å². The highest BCUT2D eigenvalue weighted by atomic mass is 35.5. The smallest absolute Gasteiger partial charge is 0.0701 e. The number of halogens is 1. The minimum absolute atomic E-state index is 0.574. The summed E-state index contributed by atoms with van der Waals surface area (Å²) in [6.45, 7) is 9.99. The van der Waals surface area contributed by atoms with Crippen LogP contribution in [0.2, 0.25) is 0 Å².